The van der Waals surface area contributed by atoms with Gasteiger partial charge in [-0.1, -0.05) is 0 Å². The molecule has 4 nitrogen and oxygen atoms in total. The van der Waals surface area contributed by atoms with Crippen LogP contribution in [0.15, 0.2) is 0 Å². The van der Waals surface area contributed by atoms with Crippen LogP contribution in [0.25, 0.3) is 0 Å². The van der Waals surface area contributed by atoms with E-state index in [4.69, 9.17) is 5.11 Å². The van der Waals surface area contributed by atoms with E-state index >= 15 is 0 Å². The molecular weight excluding hydrogens is 273 g/mol. The van der Waals surface area contributed by atoms with E-state index in [0.717, 1.165) is 25.7 Å². The van der Waals surface area contributed by atoms with Crippen molar-refractivity contribution in [3.8, 4) is 0 Å². The molecule has 1 rings (SSSR count). The molecule has 1 aliphatic rings. The molecule has 0 aromatic heterocycles. The first-order valence-corrected chi connectivity index (χ1v) is 7.00. The second-order valence-corrected chi connectivity index (χ2v) is 5.44. The topological polar surface area (TPSA) is 52.6 Å². The Morgan fingerprint density at radius 3 is 2.40 bits per heavy atom. The number of carbonyl (C=O) groups excluding carboxylic acids is 1. The maximum Gasteiger partial charge on any atom is 0.471 e. The second kappa shape index (κ2) is 7.83. The lowest BCUT2D eigenvalue weighted by Crippen LogP contribution is -2.40. The van der Waals surface area contributed by atoms with Gasteiger partial charge in [-0.2, -0.15) is 13.2 Å². The van der Waals surface area contributed by atoms with E-state index in [-0.39, 0.29) is 13.2 Å². The fourth-order valence-electron chi connectivity index (χ4n) is 2.58. The lowest BCUT2D eigenvalue weighted by Gasteiger charge is -2.34. The highest BCUT2D eigenvalue weighted by Gasteiger charge is 2.38. The van der Waals surface area contributed by atoms with E-state index in [1.165, 1.54) is 0 Å². The summed E-state index contributed by atoms with van der Waals surface area (Å²) in [6.45, 7) is 0.932. The SMILES string of the molecule is CN(CCCNC(=O)C(F)(F)F)C1CCC(CO)CC1. The zero-order valence-corrected chi connectivity index (χ0v) is 11.7. The van der Waals surface area contributed by atoms with Crippen LogP contribution in [0.2, 0.25) is 0 Å². The minimum absolute atomic E-state index is 0.0364. The van der Waals surface area contributed by atoms with Crippen molar-refractivity contribution in [2.75, 3.05) is 26.7 Å². The van der Waals surface area contributed by atoms with E-state index in [0.29, 0.717) is 24.9 Å². The van der Waals surface area contributed by atoms with Crippen LogP contribution in [-0.2, 0) is 4.79 Å². The molecule has 1 saturated carbocycles. The molecule has 1 aliphatic carbocycles. The summed E-state index contributed by atoms with van der Waals surface area (Å²) in [5.74, 6) is -1.48. The number of aliphatic hydroxyl groups is 1. The van der Waals surface area contributed by atoms with Gasteiger partial charge in [-0.05, 0) is 51.6 Å². The minimum Gasteiger partial charge on any atom is -0.396 e. The van der Waals surface area contributed by atoms with Crippen LogP contribution in [-0.4, -0.2) is 54.9 Å². The van der Waals surface area contributed by atoms with Crippen LogP contribution in [0.4, 0.5) is 13.2 Å². The fraction of sp³-hybridized carbons (Fsp3) is 0.923. The maximum atomic E-state index is 12.0. The smallest absolute Gasteiger partial charge is 0.396 e. The Labute approximate surface area is 117 Å². The first-order chi connectivity index (χ1) is 9.34. The van der Waals surface area contributed by atoms with Gasteiger partial charge < -0.3 is 15.3 Å². The van der Waals surface area contributed by atoms with Crippen molar-refractivity contribution in [3.63, 3.8) is 0 Å². The molecule has 0 atom stereocenters. The number of hydrogen-bond acceptors (Lipinski definition) is 3. The van der Waals surface area contributed by atoms with Crippen LogP contribution in [0, 0.1) is 5.92 Å². The third-order valence-electron chi connectivity index (χ3n) is 3.93. The quantitative estimate of drug-likeness (QED) is 0.731. The van der Waals surface area contributed by atoms with Crippen molar-refractivity contribution in [2.24, 2.45) is 5.92 Å². The predicted molar refractivity (Wildman–Crippen MR) is 69.1 cm³/mol. The van der Waals surface area contributed by atoms with Crippen molar-refractivity contribution < 1.29 is 23.1 Å². The Bertz CT molecular complexity index is 302. The van der Waals surface area contributed by atoms with Gasteiger partial charge in [-0.15, -0.1) is 0 Å². The van der Waals surface area contributed by atoms with Crippen molar-refractivity contribution in [3.05, 3.63) is 0 Å². The predicted octanol–water partition coefficient (Wildman–Crippen LogP) is 1.54. The number of aliphatic hydroxyl groups excluding tert-OH is 1. The number of hydrogen-bond donors (Lipinski definition) is 2. The number of amides is 1. The standard InChI is InChI=1S/C13H23F3N2O2/c1-18(11-5-3-10(9-19)4-6-11)8-2-7-17-12(20)13(14,15)16/h10-11,19H,2-9H2,1H3,(H,17,20). The van der Waals surface area contributed by atoms with Gasteiger partial charge in [0.05, 0.1) is 0 Å². The highest BCUT2D eigenvalue weighted by molar-refractivity contribution is 5.81. The molecule has 1 amide bonds. The molecule has 20 heavy (non-hydrogen) atoms. The Hall–Kier alpha value is -0.820. The molecule has 0 bridgehead atoms. The molecule has 2 N–H and O–H groups in total. The molecule has 0 heterocycles. The maximum absolute atomic E-state index is 12.0. The Balaban J connectivity index is 2.15. The third-order valence-corrected chi connectivity index (χ3v) is 3.93. The molecule has 0 unspecified atom stereocenters. The van der Waals surface area contributed by atoms with Crippen molar-refractivity contribution >= 4 is 5.91 Å². The molecule has 118 valence electrons. The lowest BCUT2D eigenvalue weighted by atomic mass is 9.86. The third kappa shape index (κ3) is 5.66. The van der Waals surface area contributed by atoms with E-state index < -0.39 is 12.1 Å². The van der Waals surface area contributed by atoms with E-state index in [1.54, 1.807) is 0 Å². The first-order valence-electron chi connectivity index (χ1n) is 7.00. The van der Waals surface area contributed by atoms with Crippen molar-refractivity contribution in [1.82, 2.24) is 10.2 Å². The Kier molecular flexibility index (Phi) is 6.75. The Morgan fingerprint density at radius 1 is 1.30 bits per heavy atom. The monoisotopic (exact) mass is 296 g/mol. The summed E-state index contributed by atoms with van der Waals surface area (Å²) in [5, 5.41) is 10.9. The van der Waals surface area contributed by atoms with Gasteiger partial charge in [0.1, 0.15) is 0 Å². The zero-order chi connectivity index (χ0) is 15.2. The molecular formula is C13H23F3N2O2. The largest absolute Gasteiger partial charge is 0.471 e. The normalized spacial score (nSPS) is 23.9. The molecule has 0 spiro atoms. The van der Waals surface area contributed by atoms with Crippen LogP contribution in [0.1, 0.15) is 32.1 Å². The van der Waals surface area contributed by atoms with Gasteiger partial charge in [0.25, 0.3) is 0 Å². The van der Waals surface area contributed by atoms with Gasteiger partial charge in [0.2, 0.25) is 0 Å². The van der Waals surface area contributed by atoms with Crippen molar-refractivity contribution in [1.29, 1.82) is 0 Å². The lowest BCUT2D eigenvalue weighted by molar-refractivity contribution is -0.173. The molecule has 1 fully saturated rings. The summed E-state index contributed by atoms with van der Waals surface area (Å²) in [4.78, 5) is 12.7. The number of alkyl halides is 3. The summed E-state index contributed by atoms with van der Waals surface area (Å²) in [5.41, 5.74) is 0. The molecule has 0 aliphatic heterocycles. The molecule has 0 radical (unpaired) electrons. The summed E-state index contributed by atoms with van der Waals surface area (Å²) in [7, 11) is 1.95. The number of rotatable bonds is 6. The highest BCUT2D eigenvalue weighted by Crippen LogP contribution is 2.26. The average molecular weight is 296 g/mol. The number of carbonyl (C=O) groups is 1. The number of nitrogens with one attached hydrogen (secondary N) is 1. The Morgan fingerprint density at radius 2 is 1.90 bits per heavy atom. The highest BCUT2D eigenvalue weighted by atomic mass is 19.4. The summed E-state index contributed by atoms with van der Waals surface area (Å²) >= 11 is 0. The van der Waals surface area contributed by atoms with Crippen LogP contribution >= 0.6 is 0 Å². The summed E-state index contributed by atoms with van der Waals surface area (Å²) < 4.78 is 35.9. The first kappa shape index (κ1) is 17.2. The fourth-order valence-corrected chi connectivity index (χ4v) is 2.58. The van der Waals surface area contributed by atoms with Crippen LogP contribution in [0.5, 0.6) is 0 Å². The average Bonchev–Trinajstić information content (AvgIpc) is 2.42. The second-order valence-electron chi connectivity index (χ2n) is 5.44. The van der Waals surface area contributed by atoms with E-state index in [9.17, 15) is 18.0 Å². The number of halogens is 3. The van der Waals surface area contributed by atoms with Gasteiger partial charge in [-0.3, -0.25) is 4.79 Å². The van der Waals surface area contributed by atoms with Gasteiger partial charge in [-0.25, -0.2) is 0 Å². The number of nitrogens with zero attached hydrogens (tertiary/aromatic N) is 1. The van der Waals surface area contributed by atoms with Crippen molar-refractivity contribution in [2.45, 2.75) is 44.3 Å². The summed E-state index contributed by atoms with van der Waals surface area (Å²) in [6, 6.07) is 0.427. The summed E-state index contributed by atoms with van der Waals surface area (Å²) in [6.07, 6.45) is -0.285. The van der Waals surface area contributed by atoms with Crippen LogP contribution in [0.3, 0.4) is 0 Å². The van der Waals surface area contributed by atoms with Crippen LogP contribution < -0.4 is 5.32 Å². The molecule has 0 saturated heterocycles. The molecule has 0 aromatic rings. The van der Waals surface area contributed by atoms with E-state index in [2.05, 4.69) is 4.90 Å². The van der Waals surface area contributed by atoms with E-state index in [1.807, 2.05) is 12.4 Å². The van der Waals surface area contributed by atoms with Gasteiger partial charge in [0.15, 0.2) is 0 Å². The zero-order valence-electron chi connectivity index (χ0n) is 11.7. The minimum atomic E-state index is -4.80. The van der Waals surface area contributed by atoms with Gasteiger partial charge >= 0.3 is 12.1 Å². The molecule has 7 heteroatoms. The molecule has 0 aromatic carbocycles. The van der Waals surface area contributed by atoms with Gasteiger partial charge in [0, 0.05) is 19.2 Å².